The first-order valence-corrected chi connectivity index (χ1v) is 8.46. The molecule has 0 aromatic heterocycles. The Labute approximate surface area is 148 Å². The third kappa shape index (κ3) is 3.88. The molecule has 2 rings (SSSR count). The number of benzene rings is 1. The van der Waals surface area contributed by atoms with E-state index in [4.69, 9.17) is 18.8 Å². The van der Waals surface area contributed by atoms with Crippen LogP contribution in [-0.4, -0.2) is 43.5 Å². The monoisotopic (exact) mass is 348 g/mol. The number of esters is 2. The lowest BCUT2D eigenvalue weighted by atomic mass is 9.75. The Morgan fingerprint density at radius 2 is 1.48 bits per heavy atom. The van der Waals surface area contributed by atoms with Gasteiger partial charge in [-0.15, -0.1) is 0 Å². The van der Waals surface area contributed by atoms with Crippen molar-refractivity contribution in [2.24, 2.45) is 0 Å². The van der Waals surface area contributed by atoms with Gasteiger partial charge in [0.25, 0.3) is 0 Å². The highest BCUT2D eigenvalue weighted by atomic mass is 16.7. The fourth-order valence-corrected chi connectivity index (χ4v) is 2.46. The van der Waals surface area contributed by atoms with Crippen molar-refractivity contribution in [3.05, 3.63) is 29.3 Å². The Morgan fingerprint density at radius 1 is 0.960 bits per heavy atom. The molecule has 1 fully saturated rings. The SMILES string of the molecule is CCOC(=O)c1ccc(B2OC(C)(C)C(C)(C)O2)c(C(=O)OCC)c1. The van der Waals surface area contributed by atoms with E-state index in [0.717, 1.165) is 0 Å². The molecule has 6 nitrogen and oxygen atoms in total. The maximum absolute atomic E-state index is 12.4. The molecule has 0 spiro atoms. The molecule has 0 saturated carbocycles. The van der Waals surface area contributed by atoms with Gasteiger partial charge in [-0.05, 0) is 59.1 Å². The standard InChI is InChI=1S/C18H25BO6/c1-7-22-15(20)12-9-10-14(13(11-12)16(21)23-8-2)19-24-17(3,4)18(5,6)25-19/h9-11H,7-8H2,1-6H3. The number of rotatable bonds is 5. The van der Waals surface area contributed by atoms with Gasteiger partial charge in [-0.1, -0.05) is 6.07 Å². The zero-order chi connectivity index (χ0) is 18.8. The van der Waals surface area contributed by atoms with E-state index in [1.165, 1.54) is 6.07 Å². The molecule has 136 valence electrons. The summed E-state index contributed by atoms with van der Waals surface area (Å²) in [4.78, 5) is 24.4. The van der Waals surface area contributed by atoms with Gasteiger partial charge in [0.1, 0.15) is 0 Å². The van der Waals surface area contributed by atoms with Crippen molar-refractivity contribution in [3.8, 4) is 0 Å². The smallest absolute Gasteiger partial charge is 0.462 e. The summed E-state index contributed by atoms with van der Waals surface area (Å²) in [6.45, 7) is 11.7. The minimum absolute atomic E-state index is 0.227. The molecule has 0 bridgehead atoms. The van der Waals surface area contributed by atoms with Gasteiger partial charge in [-0.25, -0.2) is 9.59 Å². The molecule has 0 amide bonds. The van der Waals surface area contributed by atoms with E-state index in [9.17, 15) is 9.59 Å². The van der Waals surface area contributed by atoms with Crippen LogP contribution < -0.4 is 5.46 Å². The van der Waals surface area contributed by atoms with Gasteiger partial charge in [0.05, 0.1) is 35.5 Å². The first kappa shape index (κ1) is 19.5. The third-order valence-electron chi connectivity index (χ3n) is 4.57. The lowest BCUT2D eigenvalue weighted by Crippen LogP contribution is -2.41. The molecule has 1 saturated heterocycles. The van der Waals surface area contributed by atoms with Gasteiger partial charge in [-0.2, -0.15) is 0 Å². The Hall–Kier alpha value is -1.86. The molecule has 0 N–H and O–H groups in total. The number of ether oxygens (including phenoxy) is 2. The summed E-state index contributed by atoms with van der Waals surface area (Å²) < 4.78 is 22.2. The van der Waals surface area contributed by atoms with Crippen LogP contribution in [0.25, 0.3) is 0 Å². The zero-order valence-corrected chi connectivity index (χ0v) is 15.7. The number of hydrogen-bond donors (Lipinski definition) is 0. The van der Waals surface area contributed by atoms with Gasteiger partial charge >= 0.3 is 19.1 Å². The molecular weight excluding hydrogens is 323 g/mol. The Kier molecular flexibility index (Phi) is 5.59. The second-order valence-electron chi connectivity index (χ2n) is 6.83. The second kappa shape index (κ2) is 7.18. The summed E-state index contributed by atoms with van der Waals surface area (Å²) >= 11 is 0. The summed E-state index contributed by atoms with van der Waals surface area (Å²) in [5.41, 5.74) is -0.0199. The van der Waals surface area contributed by atoms with E-state index in [0.29, 0.717) is 5.46 Å². The first-order valence-electron chi connectivity index (χ1n) is 8.46. The van der Waals surface area contributed by atoms with Crippen LogP contribution in [0.1, 0.15) is 62.3 Å². The van der Waals surface area contributed by atoms with E-state index >= 15 is 0 Å². The Balaban J connectivity index is 2.44. The van der Waals surface area contributed by atoms with E-state index in [-0.39, 0.29) is 24.3 Å². The van der Waals surface area contributed by atoms with Crippen LogP contribution in [0.4, 0.5) is 0 Å². The van der Waals surface area contributed by atoms with Gasteiger partial charge < -0.3 is 18.8 Å². The second-order valence-corrected chi connectivity index (χ2v) is 6.83. The minimum atomic E-state index is -0.722. The minimum Gasteiger partial charge on any atom is -0.462 e. The highest BCUT2D eigenvalue weighted by Crippen LogP contribution is 2.36. The molecule has 1 aromatic carbocycles. The molecule has 7 heteroatoms. The summed E-state index contributed by atoms with van der Waals surface area (Å²) in [6, 6.07) is 4.72. The molecule has 0 aliphatic carbocycles. The first-order chi connectivity index (χ1) is 11.6. The maximum Gasteiger partial charge on any atom is 0.495 e. The molecule has 0 unspecified atom stereocenters. The lowest BCUT2D eigenvalue weighted by molar-refractivity contribution is 0.00578. The molecule has 1 aromatic rings. The van der Waals surface area contributed by atoms with Crippen molar-refractivity contribution in [1.29, 1.82) is 0 Å². The topological polar surface area (TPSA) is 71.1 Å². The predicted molar refractivity (Wildman–Crippen MR) is 94.1 cm³/mol. The highest BCUT2D eigenvalue weighted by molar-refractivity contribution is 6.63. The van der Waals surface area contributed by atoms with E-state index in [1.54, 1.807) is 26.0 Å². The van der Waals surface area contributed by atoms with Gasteiger partial charge in [0, 0.05) is 0 Å². The zero-order valence-electron chi connectivity index (χ0n) is 15.7. The lowest BCUT2D eigenvalue weighted by Gasteiger charge is -2.32. The molecule has 25 heavy (non-hydrogen) atoms. The van der Waals surface area contributed by atoms with Gasteiger partial charge in [0.2, 0.25) is 0 Å². The summed E-state index contributed by atoms with van der Waals surface area (Å²) in [5.74, 6) is -1.02. The summed E-state index contributed by atoms with van der Waals surface area (Å²) in [6.07, 6.45) is 0. The van der Waals surface area contributed by atoms with Crippen LogP contribution in [0.3, 0.4) is 0 Å². The van der Waals surface area contributed by atoms with Crippen molar-refractivity contribution in [2.75, 3.05) is 13.2 Å². The van der Waals surface area contributed by atoms with E-state index in [1.807, 2.05) is 27.7 Å². The van der Waals surface area contributed by atoms with Crippen molar-refractivity contribution in [3.63, 3.8) is 0 Å². The quantitative estimate of drug-likeness (QED) is 0.601. The average Bonchev–Trinajstić information content (AvgIpc) is 2.75. The number of carbonyl (C=O) groups is 2. The predicted octanol–water partition coefficient (Wildman–Crippen LogP) is 2.34. The van der Waals surface area contributed by atoms with Crippen LogP contribution in [0.2, 0.25) is 0 Å². The number of carbonyl (C=O) groups excluding carboxylic acids is 2. The van der Waals surface area contributed by atoms with Gasteiger partial charge in [0.15, 0.2) is 0 Å². The van der Waals surface area contributed by atoms with Gasteiger partial charge in [-0.3, -0.25) is 0 Å². The van der Waals surface area contributed by atoms with Crippen LogP contribution in [0.5, 0.6) is 0 Å². The molecule has 1 heterocycles. The molecule has 1 aliphatic rings. The fraction of sp³-hybridized carbons (Fsp3) is 0.556. The molecule has 0 atom stereocenters. The molecular formula is C18H25BO6. The average molecular weight is 348 g/mol. The van der Waals surface area contributed by atoms with Crippen LogP contribution in [0.15, 0.2) is 18.2 Å². The van der Waals surface area contributed by atoms with Crippen molar-refractivity contribution in [1.82, 2.24) is 0 Å². The molecule has 0 radical (unpaired) electrons. The van der Waals surface area contributed by atoms with Crippen LogP contribution in [0, 0.1) is 0 Å². The van der Waals surface area contributed by atoms with E-state index < -0.39 is 30.3 Å². The van der Waals surface area contributed by atoms with Crippen LogP contribution >= 0.6 is 0 Å². The normalized spacial score (nSPS) is 18.1. The Bertz CT molecular complexity index is 652. The van der Waals surface area contributed by atoms with E-state index in [2.05, 4.69) is 0 Å². The summed E-state index contributed by atoms with van der Waals surface area (Å²) in [7, 11) is -0.722. The molecule has 1 aliphatic heterocycles. The van der Waals surface area contributed by atoms with Crippen molar-refractivity contribution >= 4 is 24.5 Å². The maximum atomic E-state index is 12.4. The largest absolute Gasteiger partial charge is 0.495 e. The van der Waals surface area contributed by atoms with Crippen LogP contribution in [-0.2, 0) is 18.8 Å². The van der Waals surface area contributed by atoms with Crippen molar-refractivity contribution < 1.29 is 28.4 Å². The Morgan fingerprint density at radius 3 is 2.00 bits per heavy atom. The summed E-state index contributed by atoms with van der Waals surface area (Å²) in [5, 5.41) is 0. The fourth-order valence-electron chi connectivity index (χ4n) is 2.46. The highest BCUT2D eigenvalue weighted by Gasteiger charge is 2.52. The third-order valence-corrected chi connectivity index (χ3v) is 4.57. The van der Waals surface area contributed by atoms with Crippen molar-refractivity contribution in [2.45, 2.75) is 52.7 Å². The number of hydrogen-bond acceptors (Lipinski definition) is 6.